The molecule has 0 radical (unpaired) electrons. The van der Waals surface area contributed by atoms with Crippen LogP contribution >= 0.6 is 11.6 Å². The van der Waals surface area contributed by atoms with Gasteiger partial charge in [0.1, 0.15) is 0 Å². The van der Waals surface area contributed by atoms with Gasteiger partial charge in [-0.2, -0.15) is 0 Å². The van der Waals surface area contributed by atoms with E-state index in [1.165, 1.54) is 7.11 Å². The SMILES string of the molecule is COC(=O)CCOCc1ccc(Cl)cc1. The van der Waals surface area contributed by atoms with Gasteiger partial charge in [-0.05, 0) is 17.7 Å². The summed E-state index contributed by atoms with van der Waals surface area (Å²) < 4.78 is 9.77. The maximum absolute atomic E-state index is 10.7. The van der Waals surface area contributed by atoms with Gasteiger partial charge in [0.15, 0.2) is 0 Å². The van der Waals surface area contributed by atoms with Crippen molar-refractivity contribution < 1.29 is 14.3 Å². The Labute approximate surface area is 93.9 Å². The molecule has 0 aliphatic carbocycles. The number of rotatable bonds is 5. The molecule has 0 aliphatic heterocycles. The zero-order valence-electron chi connectivity index (χ0n) is 8.53. The van der Waals surface area contributed by atoms with Crippen LogP contribution in [0.15, 0.2) is 24.3 Å². The van der Waals surface area contributed by atoms with Crippen LogP contribution in [0.3, 0.4) is 0 Å². The summed E-state index contributed by atoms with van der Waals surface area (Å²) in [5.41, 5.74) is 1.03. The normalized spacial score (nSPS) is 10.0. The first kappa shape index (κ1) is 12.0. The Morgan fingerprint density at radius 3 is 2.60 bits per heavy atom. The van der Waals surface area contributed by atoms with Crippen LogP contribution in [0.25, 0.3) is 0 Å². The summed E-state index contributed by atoms with van der Waals surface area (Å²) in [5.74, 6) is -0.258. The lowest BCUT2D eigenvalue weighted by atomic mass is 10.2. The van der Waals surface area contributed by atoms with E-state index in [1.807, 2.05) is 12.1 Å². The monoisotopic (exact) mass is 228 g/mol. The number of hydrogen-bond acceptors (Lipinski definition) is 3. The molecular weight excluding hydrogens is 216 g/mol. The average Bonchev–Trinajstić information content (AvgIpc) is 2.26. The van der Waals surface area contributed by atoms with Crippen LogP contribution in [0.4, 0.5) is 0 Å². The van der Waals surface area contributed by atoms with Gasteiger partial charge in [-0.1, -0.05) is 23.7 Å². The number of carbonyl (C=O) groups excluding carboxylic acids is 1. The highest BCUT2D eigenvalue weighted by Crippen LogP contribution is 2.10. The lowest BCUT2D eigenvalue weighted by Gasteiger charge is -2.03. The third kappa shape index (κ3) is 4.81. The minimum Gasteiger partial charge on any atom is -0.469 e. The van der Waals surface area contributed by atoms with Crippen molar-refractivity contribution in [2.45, 2.75) is 13.0 Å². The van der Waals surface area contributed by atoms with Gasteiger partial charge in [-0.3, -0.25) is 4.79 Å². The number of methoxy groups -OCH3 is 1. The Kier molecular flexibility index (Phi) is 5.15. The Bertz CT molecular complexity index is 308. The molecule has 0 spiro atoms. The van der Waals surface area contributed by atoms with Crippen molar-refractivity contribution in [3.63, 3.8) is 0 Å². The highest BCUT2D eigenvalue weighted by Gasteiger charge is 1.99. The summed E-state index contributed by atoms with van der Waals surface area (Å²) in [6, 6.07) is 7.39. The predicted molar refractivity (Wildman–Crippen MR) is 57.7 cm³/mol. The number of esters is 1. The van der Waals surface area contributed by atoms with E-state index in [0.717, 1.165) is 5.56 Å². The summed E-state index contributed by atoms with van der Waals surface area (Å²) in [6.07, 6.45) is 0.282. The van der Waals surface area contributed by atoms with E-state index in [1.54, 1.807) is 12.1 Å². The van der Waals surface area contributed by atoms with Crippen LogP contribution in [0, 0.1) is 0 Å². The van der Waals surface area contributed by atoms with Gasteiger partial charge in [-0.15, -0.1) is 0 Å². The molecule has 1 aromatic rings. The maximum atomic E-state index is 10.7. The highest BCUT2D eigenvalue weighted by molar-refractivity contribution is 6.30. The standard InChI is InChI=1S/C11H13ClO3/c1-14-11(13)6-7-15-8-9-2-4-10(12)5-3-9/h2-5H,6-8H2,1H3. The minimum atomic E-state index is -0.258. The second-order valence-electron chi connectivity index (χ2n) is 3.01. The fraction of sp³-hybridized carbons (Fsp3) is 0.364. The van der Waals surface area contributed by atoms with E-state index in [4.69, 9.17) is 16.3 Å². The van der Waals surface area contributed by atoms with Gasteiger partial charge in [0.25, 0.3) is 0 Å². The summed E-state index contributed by atoms with van der Waals surface area (Å²) in [4.78, 5) is 10.7. The number of benzene rings is 1. The molecule has 15 heavy (non-hydrogen) atoms. The zero-order valence-corrected chi connectivity index (χ0v) is 9.29. The van der Waals surface area contributed by atoms with E-state index in [2.05, 4.69) is 4.74 Å². The van der Waals surface area contributed by atoms with E-state index in [-0.39, 0.29) is 12.4 Å². The first-order chi connectivity index (χ1) is 7.22. The smallest absolute Gasteiger partial charge is 0.307 e. The first-order valence-electron chi connectivity index (χ1n) is 4.61. The Morgan fingerprint density at radius 1 is 1.33 bits per heavy atom. The molecule has 4 heteroatoms. The van der Waals surface area contributed by atoms with Crippen molar-refractivity contribution in [3.8, 4) is 0 Å². The van der Waals surface area contributed by atoms with Crippen molar-refractivity contribution in [1.29, 1.82) is 0 Å². The zero-order chi connectivity index (χ0) is 11.1. The van der Waals surface area contributed by atoms with Crippen LogP contribution in [-0.2, 0) is 20.9 Å². The van der Waals surface area contributed by atoms with Crippen LogP contribution < -0.4 is 0 Å². The van der Waals surface area contributed by atoms with Crippen molar-refractivity contribution in [3.05, 3.63) is 34.9 Å². The lowest BCUT2D eigenvalue weighted by Crippen LogP contribution is -2.05. The van der Waals surface area contributed by atoms with Crippen LogP contribution in [-0.4, -0.2) is 19.7 Å². The summed E-state index contributed by atoms with van der Waals surface area (Å²) in [5, 5.41) is 0.702. The Morgan fingerprint density at radius 2 is 2.00 bits per heavy atom. The molecule has 0 saturated carbocycles. The second-order valence-corrected chi connectivity index (χ2v) is 3.44. The third-order valence-corrected chi connectivity index (χ3v) is 2.11. The van der Waals surface area contributed by atoms with Crippen LogP contribution in [0.2, 0.25) is 5.02 Å². The van der Waals surface area contributed by atoms with Gasteiger partial charge >= 0.3 is 5.97 Å². The molecule has 1 rings (SSSR count). The number of ether oxygens (including phenoxy) is 2. The molecule has 0 unspecified atom stereocenters. The van der Waals surface area contributed by atoms with Crippen molar-refractivity contribution in [1.82, 2.24) is 0 Å². The van der Waals surface area contributed by atoms with Gasteiger partial charge in [0.05, 0.1) is 26.7 Å². The van der Waals surface area contributed by atoms with E-state index < -0.39 is 0 Å². The second kappa shape index (κ2) is 6.43. The molecule has 3 nitrogen and oxygen atoms in total. The van der Waals surface area contributed by atoms with E-state index >= 15 is 0 Å². The Balaban J connectivity index is 2.20. The van der Waals surface area contributed by atoms with Crippen LogP contribution in [0.1, 0.15) is 12.0 Å². The summed E-state index contributed by atoms with van der Waals surface area (Å²) >= 11 is 5.73. The van der Waals surface area contributed by atoms with Gasteiger partial charge in [-0.25, -0.2) is 0 Å². The molecule has 82 valence electrons. The quantitative estimate of drug-likeness (QED) is 0.574. The first-order valence-corrected chi connectivity index (χ1v) is 4.99. The maximum Gasteiger partial charge on any atom is 0.307 e. The molecule has 0 bridgehead atoms. The molecule has 0 fully saturated rings. The molecule has 0 aromatic heterocycles. The fourth-order valence-corrected chi connectivity index (χ4v) is 1.15. The molecule has 0 saturated heterocycles. The molecule has 0 heterocycles. The molecule has 0 atom stereocenters. The van der Waals surface area contributed by atoms with Gasteiger partial charge in [0, 0.05) is 5.02 Å². The van der Waals surface area contributed by atoms with E-state index in [0.29, 0.717) is 18.2 Å². The molecule has 0 N–H and O–H groups in total. The number of carbonyl (C=O) groups is 1. The van der Waals surface area contributed by atoms with Crippen molar-refractivity contribution in [2.75, 3.05) is 13.7 Å². The summed E-state index contributed by atoms with van der Waals surface area (Å²) in [6.45, 7) is 0.851. The number of halogens is 1. The summed E-state index contributed by atoms with van der Waals surface area (Å²) in [7, 11) is 1.36. The molecule has 1 aromatic carbocycles. The van der Waals surface area contributed by atoms with Crippen molar-refractivity contribution in [2.24, 2.45) is 0 Å². The third-order valence-electron chi connectivity index (χ3n) is 1.86. The largest absolute Gasteiger partial charge is 0.469 e. The average molecular weight is 229 g/mol. The molecule has 0 amide bonds. The molecular formula is C11H13ClO3. The highest BCUT2D eigenvalue weighted by atomic mass is 35.5. The lowest BCUT2D eigenvalue weighted by molar-refractivity contribution is -0.141. The van der Waals surface area contributed by atoms with E-state index in [9.17, 15) is 4.79 Å². The topological polar surface area (TPSA) is 35.5 Å². The fourth-order valence-electron chi connectivity index (χ4n) is 1.03. The molecule has 0 aliphatic rings. The number of hydrogen-bond donors (Lipinski definition) is 0. The van der Waals surface area contributed by atoms with Gasteiger partial charge in [0.2, 0.25) is 0 Å². The minimum absolute atomic E-state index is 0.258. The Hall–Kier alpha value is -1.06. The van der Waals surface area contributed by atoms with Crippen LogP contribution in [0.5, 0.6) is 0 Å². The predicted octanol–water partition coefficient (Wildman–Crippen LogP) is 2.42. The van der Waals surface area contributed by atoms with Crippen molar-refractivity contribution >= 4 is 17.6 Å². The van der Waals surface area contributed by atoms with Gasteiger partial charge < -0.3 is 9.47 Å².